The average molecular weight is 461 g/mol. The molecule has 1 fully saturated rings. The molecule has 33 heavy (non-hydrogen) atoms. The SMILES string of the molecule is N#C[C@@H]1CC(F)(F)CN1C(=O)CCC(=O)c1ccncc1C#Cc1ccc(C(F)(F)F)cc1. The second kappa shape index (κ2) is 9.37. The van der Waals surface area contributed by atoms with Gasteiger partial charge in [-0.05, 0) is 30.3 Å². The van der Waals surface area contributed by atoms with E-state index in [1.54, 1.807) is 6.07 Å². The molecule has 0 N–H and O–H groups in total. The molecule has 0 bridgehead atoms. The molecule has 0 spiro atoms. The predicted molar refractivity (Wildman–Crippen MR) is 106 cm³/mol. The number of pyridine rings is 1. The second-order valence-corrected chi connectivity index (χ2v) is 7.40. The zero-order valence-corrected chi connectivity index (χ0v) is 17.0. The first-order valence-electron chi connectivity index (χ1n) is 9.73. The monoisotopic (exact) mass is 461 g/mol. The van der Waals surface area contributed by atoms with Crippen LogP contribution < -0.4 is 0 Å². The van der Waals surface area contributed by atoms with Crippen LogP contribution >= 0.6 is 0 Å². The molecular weight excluding hydrogens is 445 g/mol. The van der Waals surface area contributed by atoms with E-state index in [0.29, 0.717) is 0 Å². The predicted octanol–water partition coefficient (Wildman–Crippen LogP) is 4.22. The lowest BCUT2D eigenvalue weighted by Gasteiger charge is -2.18. The first-order valence-corrected chi connectivity index (χ1v) is 9.73. The maximum absolute atomic E-state index is 13.5. The van der Waals surface area contributed by atoms with Crippen molar-refractivity contribution in [2.24, 2.45) is 0 Å². The maximum Gasteiger partial charge on any atom is 0.416 e. The van der Waals surface area contributed by atoms with E-state index in [-0.39, 0.29) is 29.5 Å². The summed E-state index contributed by atoms with van der Waals surface area (Å²) in [5, 5.41) is 9.00. The fourth-order valence-electron chi connectivity index (χ4n) is 3.31. The van der Waals surface area contributed by atoms with E-state index < -0.39 is 48.4 Å². The normalized spacial score (nSPS) is 17.1. The molecule has 10 heteroatoms. The van der Waals surface area contributed by atoms with E-state index in [2.05, 4.69) is 16.8 Å². The second-order valence-electron chi connectivity index (χ2n) is 7.40. The van der Waals surface area contributed by atoms with E-state index in [1.807, 2.05) is 0 Å². The van der Waals surface area contributed by atoms with Crippen molar-refractivity contribution in [2.75, 3.05) is 6.54 Å². The third kappa shape index (κ3) is 5.92. The Kier molecular flexibility index (Phi) is 6.78. The summed E-state index contributed by atoms with van der Waals surface area (Å²) >= 11 is 0. The zero-order valence-electron chi connectivity index (χ0n) is 17.0. The number of alkyl halides is 5. The van der Waals surface area contributed by atoms with Crippen LogP contribution in [0.3, 0.4) is 0 Å². The third-order valence-corrected chi connectivity index (χ3v) is 4.98. The average Bonchev–Trinajstić information content (AvgIpc) is 3.10. The van der Waals surface area contributed by atoms with Crippen LogP contribution in [-0.4, -0.2) is 40.1 Å². The van der Waals surface area contributed by atoms with Gasteiger partial charge in [-0.2, -0.15) is 18.4 Å². The first-order chi connectivity index (χ1) is 15.5. The summed E-state index contributed by atoms with van der Waals surface area (Å²) in [6.45, 7) is -0.864. The van der Waals surface area contributed by atoms with Crippen molar-refractivity contribution in [1.82, 2.24) is 9.88 Å². The molecule has 1 aliphatic heterocycles. The number of carbonyl (C=O) groups is 2. The highest BCUT2D eigenvalue weighted by molar-refractivity contribution is 6.00. The number of halogens is 5. The number of likely N-dealkylation sites (tertiary alicyclic amines) is 1. The Morgan fingerprint density at radius 1 is 1.12 bits per heavy atom. The highest BCUT2D eigenvalue weighted by atomic mass is 19.4. The number of amides is 1. The molecule has 1 aliphatic rings. The van der Waals surface area contributed by atoms with Crippen LogP contribution in [0.2, 0.25) is 0 Å². The number of nitrogens with zero attached hydrogens (tertiary/aromatic N) is 3. The van der Waals surface area contributed by atoms with Crippen molar-refractivity contribution < 1.29 is 31.5 Å². The molecule has 0 radical (unpaired) electrons. The van der Waals surface area contributed by atoms with Gasteiger partial charge < -0.3 is 4.90 Å². The summed E-state index contributed by atoms with van der Waals surface area (Å²) < 4.78 is 65.0. The minimum Gasteiger partial charge on any atom is -0.320 e. The van der Waals surface area contributed by atoms with Gasteiger partial charge in [0.05, 0.1) is 23.7 Å². The van der Waals surface area contributed by atoms with Crippen LogP contribution in [0.25, 0.3) is 0 Å². The fourth-order valence-corrected chi connectivity index (χ4v) is 3.31. The van der Waals surface area contributed by atoms with Gasteiger partial charge in [-0.3, -0.25) is 14.6 Å². The molecule has 3 rings (SSSR count). The van der Waals surface area contributed by atoms with Crippen LogP contribution in [-0.2, 0) is 11.0 Å². The molecular formula is C23H16F5N3O2. The Balaban J connectivity index is 1.69. The van der Waals surface area contributed by atoms with Crippen molar-refractivity contribution >= 4 is 11.7 Å². The third-order valence-electron chi connectivity index (χ3n) is 4.98. The summed E-state index contributed by atoms with van der Waals surface area (Å²) in [6.07, 6.45) is -3.22. The lowest BCUT2D eigenvalue weighted by Crippen LogP contribution is -2.36. The maximum atomic E-state index is 13.5. The van der Waals surface area contributed by atoms with Crippen LogP contribution in [0.5, 0.6) is 0 Å². The van der Waals surface area contributed by atoms with Gasteiger partial charge in [0.1, 0.15) is 6.04 Å². The van der Waals surface area contributed by atoms with Crippen molar-refractivity contribution in [3.8, 4) is 17.9 Å². The number of nitriles is 1. The quantitative estimate of drug-likeness (QED) is 0.388. The molecule has 2 aromatic rings. The summed E-state index contributed by atoms with van der Waals surface area (Å²) in [6, 6.07) is 5.99. The van der Waals surface area contributed by atoms with Crippen LogP contribution in [0, 0.1) is 23.2 Å². The van der Waals surface area contributed by atoms with Gasteiger partial charge in [0.25, 0.3) is 5.92 Å². The van der Waals surface area contributed by atoms with Gasteiger partial charge in [0, 0.05) is 42.8 Å². The number of benzene rings is 1. The standard InChI is InChI=1S/C23H16F5N3O2/c24-22(25)11-18(12-29)31(14-22)21(33)8-7-20(32)19-9-10-30-13-16(19)4-1-15-2-5-17(6-3-15)23(26,27)28/h2-3,5-6,9-10,13,18H,7-8,11,14H2/t18-/m0/s1. The smallest absolute Gasteiger partial charge is 0.320 e. The van der Waals surface area contributed by atoms with Gasteiger partial charge in [0.15, 0.2) is 5.78 Å². The first kappa shape index (κ1) is 23.9. The Labute approximate surface area is 185 Å². The lowest BCUT2D eigenvalue weighted by atomic mass is 10.0. The van der Waals surface area contributed by atoms with Gasteiger partial charge in [-0.15, -0.1) is 0 Å². The Bertz CT molecular complexity index is 1160. The van der Waals surface area contributed by atoms with E-state index in [1.165, 1.54) is 30.6 Å². The topological polar surface area (TPSA) is 74.1 Å². The minimum atomic E-state index is -4.47. The lowest BCUT2D eigenvalue weighted by molar-refractivity contribution is -0.137. The number of carbonyl (C=O) groups excluding carboxylic acids is 2. The van der Waals surface area contributed by atoms with Crippen molar-refractivity contribution in [3.05, 3.63) is 65.0 Å². The minimum absolute atomic E-state index is 0.140. The van der Waals surface area contributed by atoms with Gasteiger partial charge in [-0.25, -0.2) is 8.78 Å². The molecule has 170 valence electrons. The van der Waals surface area contributed by atoms with Gasteiger partial charge >= 0.3 is 6.18 Å². The number of aromatic nitrogens is 1. The summed E-state index contributed by atoms with van der Waals surface area (Å²) in [5.74, 6) is 0.994. The van der Waals surface area contributed by atoms with Crippen molar-refractivity contribution in [3.63, 3.8) is 0 Å². The van der Waals surface area contributed by atoms with Crippen LogP contribution in [0.4, 0.5) is 22.0 Å². The molecule has 0 aliphatic carbocycles. The number of hydrogen-bond acceptors (Lipinski definition) is 4. The molecule has 1 atom stereocenters. The molecule has 0 unspecified atom stereocenters. The van der Waals surface area contributed by atoms with E-state index >= 15 is 0 Å². The molecule has 2 heterocycles. The molecule has 1 saturated heterocycles. The van der Waals surface area contributed by atoms with Crippen LogP contribution in [0.15, 0.2) is 42.7 Å². The van der Waals surface area contributed by atoms with E-state index in [4.69, 9.17) is 5.26 Å². The van der Waals surface area contributed by atoms with E-state index in [9.17, 15) is 31.5 Å². The Morgan fingerprint density at radius 2 is 1.82 bits per heavy atom. The summed E-state index contributed by atoms with van der Waals surface area (Å²) in [5.41, 5.74) is -0.180. The van der Waals surface area contributed by atoms with E-state index in [0.717, 1.165) is 17.0 Å². The fraction of sp³-hybridized carbons (Fsp3) is 0.304. The largest absolute Gasteiger partial charge is 0.416 e. The van der Waals surface area contributed by atoms with Crippen molar-refractivity contribution in [2.45, 2.75) is 37.4 Å². The Morgan fingerprint density at radius 3 is 2.45 bits per heavy atom. The molecule has 0 saturated carbocycles. The highest BCUT2D eigenvalue weighted by Gasteiger charge is 2.47. The summed E-state index contributed by atoms with van der Waals surface area (Å²) in [7, 11) is 0. The number of ketones is 1. The Hall–Kier alpha value is -3.79. The zero-order chi connectivity index (χ0) is 24.2. The van der Waals surface area contributed by atoms with Crippen molar-refractivity contribution in [1.29, 1.82) is 5.26 Å². The molecule has 5 nitrogen and oxygen atoms in total. The van der Waals surface area contributed by atoms with Gasteiger partial charge in [0.2, 0.25) is 5.91 Å². The number of hydrogen-bond donors (Lipinski definition) is 0. The molecule has 1 aromatic heterocycles. The number of Topliss-reactive ketones (excluding diaryl/α,β-unsaturated/α-hetero) is 1. The van der Waals surface area contributed by atoms with Gasteiger partial charge in [-0.1, -0.05) is 11.8 Å². The highest BCUT2D eigenvalue weighted by Crippen LogP contribution is 2.32. The molecule has 1 aromatic carbocycles. The molecule has 1 amide bonds. The summed E-state index contributed by atoms with van der Waals surface area (Å²) in [4.78, 5) is 29.6. The van der Waals surface area contributed by atoms with Crippen LogP contribution in [0.1, 0.15) is 46.3 Å². The number of rotatable bonds is 4.